The molecule has 0 spiro atoms. The zero-order valence-electron chi connectivity index (χ0n) is 19.6. The number of carbonyl (C=O) groups excluding carboxylic acids is 1. The second kappa shape index (κ2) is 10.5. The van der Waals surface area contributed by atoms with Crippen molar-refractivity contribution in [1.82, 2.24) is 9.88 Å². The van der Waals surface area contributed by atoms with E-state index < -0.39 is 11.9 Å². The summed E-state index contributed by atoms with van der Waals surface area (Å²) in [5.74, 6) is 0.736. The summed E-state index contributed by atoms with van der Waals surface area (Å²) in [6.07, 6.45) is 2.08. The van der Waals surface area contributed by atoms with Crippen LogP contribution < -0.4 is 4.74 Å². The fraction of sp³-hybridized carbons (Fsp3) is 0.370. The highest BCUT2D eigenvalue weighted by molar-refractivity contribution is 5.77. The normalized spacial score (nSPS) is 17.6. The average Bonchev–Trinajstić information content (AvgIpc) is 3.43. The largest absolute Gasteiger partial charge is 0.493 e. The lowest BCUT2D eigenvalue weighted by molar-refractivity contribution is -0.142. The van der Waals surface area contributed by atoms with Crippen molar-refractivity contribution in [2.45, 2.75) is 33.1 Å². The number of hydrogen-bond acceptors (Lipinski definition) is 5. The van der Waals surface area contributed by atoms with E-state index in [-0.39, 0.29) is 11.8 Å². The standard InChI is InChI=1S/C27H30N2O5/c1-18-25(28-26(34-18)21-8-4-3-5-9-21)13-14-33-23-10-6-7-20(15-23)11-12-22-16-29(19(2)30)17-24(22)27(31)32/h3-10,15,22,24H,11-14,16-17H2,1-2H3,(H,31,32)/t22-,24-/m1/s1. The summed E-state index contributed by atoms with van der Waals surface area (Å²) in [7, 11) is 0. The molecule has 1 aliphatic heterocycles. The molecule has 7 nitrogen and oxygen atoms in total. The van der Waals surface area contributed by atoms with Crippen molar-refractivity contribution in [3.05, 3.63) is 71.6 Å². The minimum absolute atomic E-state index is 0.0417. The second-order valence-corrected chi connectivity index (χ2v) is 8.80. The van der Waals surface area contributed by atoms with Crippen molar-refractivity contribution in [2.24, 2.45) is 11.8 Å². The fourth-order valence-electron chi connectivity index (χ4n) is 4.47. The van der Waals surface area contributed by atoms with E-state index in [1.54, 1.807) is 4.90 Å². The molecule has 0 bridgehead atoms. The number of aromatic nitrogens is 1. The number of nitrogens with zero attached hydrogens (tertiary/aromatic N) is 2. The number of oxazole rings is 1. The molecule has 7 heteroatoms. The van der Waals surface area contributed by atoms with Crippen LogP contribution in [0.5, 0.6) is 5.75 Å². The maximum Gasteiger partial charge on any atom is 0.308 e. The highest BCUT2D eigenvalue weighted by Gasteiger charge is 2.38. The van der Waals surface area contributed by atoms with Gasteiger partial charge in [-0.3, -0.25) is 9.59 Å². The summed E-state index contributed by atoms with van der Waals surface area (Å²) in [6, 6.07) is 17.7. The molecule has 3 aromatic rings. The number of aryl methyl sites for hydroxylation is 2. The number of benzene rings is 2. The van der Waals surface area contributed by atoms with Crippen molar-refractivity contribution < 1.29 is 23.8 Å². The Labute approximate surface area is 199 Å². The Morgan fingerprint density at radius 1 is 1.12 bits per heavy atom. The van der Waals surface area contributed by atoms with Gasteiger partial charge in [-0.2, -0.15) is 0 Å². The molecule has 1 amide bonds. The third-order valence-electron chi connectivity index (χ3n) is 6.43. The molecule has 4 rings (SSSR count). The van der Waals surface area contributed by atoms with Crippen LogP contribution in [0.3, 0.4) is 0 Å². The molecule has 1 aliphatic rings. The van der Waals surface area contributed by atoms with E-state index in [9.17, 15) is 14.7 Å². The van der Waals surface area contributed by atoms with Crippen LogP contribution in [0.15, 0.2) is 59.0 Å². The van der Waals surface area contributed by atoms with Gasteiger partial charge in [-0.25, -0.2) is 4.98 Å². The SMILES string of the molecule is CC(=O)N1C[C@@H](CCc2cccc(OCCc3nc(-c4ccccc4)oc3C)c2)[C@H](C(=O)O)C1. The van der Waals surface area contributed by atoms with Crippen molar-refractivity contribution in [2.75, 3.05) is 19.7 Å². The smallest absolute Gasteiger partial charge is 0.308 e. The van der Waals surface area contributed by atoms with E-state index in [0.717, 1.165) is 34.8 Å². The molecule has 1 saturated heterocycles. The first kappa shape index (κ1) is 23.5. The van der Waals surface area contributed by atoms with Crippen LogP contribution in [0.2, 0.25) is 0 Å². The number of hydrogen-bond donors (Lipinski definition) is 1. The van der Waals surface area contributed by atoms with Gasteiger partial charge >= 0.3 is 5.97 Å². The zero-order chi connectivity index (χ0) is 24.1. The third-order valence-corrected chi connectivity index (χ3v) is 6.43. The molecule has 2 heterocycles. The van der Waals surface area contributed by atoms with Crippen LogP contribution >= 0.6 is 0 Å². The van der Waals surface area contributed by atoms with Gasteiger partial charge in [0.15, 0.2) is 0 Å². The number of amides is 1. The molecule has 1 fully saturated rings. The lowest BCUT2D eigenvalue weighted by Crippen LogP contribution is -2.27. The van der Waals surface area contributed by atoms with Crippen LogP contribution in [0.1, 0.15) is 30.4 Å². The Morgan fingerprint density at radius 3 is 2.65 bits per heavy atom. The number of carboxylic acids is 1. The van der Waals surface area contributed by atoms with Gasteiger partial charge in [-0.15, -0.1) is 0 Å². The van der Waals surface area contributed by atoms with Crippen LogP contribution in [0.4, 0.5) is 0 Å². The topological polar surface area (TPSA) is 92.9 Å². The predicted octanol–water partition coefficient (Wildman–Crippen LogP) is 4.38. The molecule has 2 atom stereocenters. The summed E-state index contributed by atoms with van der Waals surface area (Å²) in [5.41, 5.74) is 2.92. The maximum absolute atomic E-state index is 11.7. The van der Waals surface area contributed by atoms with Gasteiger partial charge in [0, 0.05) is 32.0 Å². The molecule has 0 aliphatic carbocycles. The molecule has 1 N–H and O–H groups in total. The molecule has 1 aromatic heterocycles. The van der Waals surface area contributed by atoms with Crippen LogP contribution in [-0.2, 0) is 22.4 Å². The number of likely N-dealkylation sites (tertiary alicyclic amines) is 1. The van der Waals surface area contributed by atoms with Crippen molar-refractivity contribution in [1.29, 1.82) is 0 Å². The van der Waals surface area contributed by atoms with E-state index in [0.29, 0.717) is 38.4 Å². The van der Waals surface area contributed by atoms with Crippen molar-refractivity contribution in [3.63, 3.8) is 0 Å². The quantitative estimate of drug-likeness (QED) is 0.507. The minimum Gasteiger partial charge on any atom is -0.493 e. The van der Waals surface area contributed by atoms with Gasteiger partial charge in [-0.05, 0) is 55.5 Å². The zero-order valence-corrected chi connectivity index (χ0v) is 19.6. The fourth-order valence-corrected chi connectivity index (χ4v) is 4.47. The van der Waals surface area contributed by atoms with Crippen LogP contribution in [0, 0.1) is 18.8 Å². The number of carbonyl (C=O) groups is 2. The number of rotatable bonds is 9. The first-order valence-electron chi connectivity index (χ1n) is 11.6. The van der Waals surface area contributed by atoms with E-state index >= 15 is 0 Å². The Bertz CT molecular complexity index is 1140. The van der Waals surface area contributed by atoms with E-state index in [2.05, 4.69) is 4.98 Å². The van der Waals surface area contributed by atoms with Gasteiger partial charge in [0.2, 0.25) is 11.8 Å². The third kappa shape index (κ3) is 5.65. The molecule has 2 aromatic carbocycles. The predicted molar refractivity (Wildman–Crippen MR) is 128 cm³/mol. The molecular formula is C27H30N2O5. The summed E-state index contributed by atoms with van der Waals surface area (Å²) in [6.45, 7) is 4.68. The van der Waals surface area contributed by atoms with Gasteiger partial charge in [-0.1, -0.05) is 30.3 Å². The number of aliphatic carboxylic acids is 1. The first-order chi connectivity index (χ1) is 16.4. The van der Waals surface area contributed by atoms with Crippen LogP contribution in [-0.4, -0.2) is 46.6 Å². The average molecular weight is 463 g/mol. The molecule has 0 unspecified atom stereocenters. The Balaban J connectivity index is 1.31. The summed E-state index contributed by atoms with van der Waals surface area (Å²) in [5, 5.41) is 9.53. The summed E-state index contributed by atoms with van der Waals surface area (Å²) in [4.78, 5) is 29.6. The van der Waals surface area contributed by atoms with Crippen LogP contribution in [0.25, 0.3) is 11.5 Å². The number of carboxylic acid groups (broad SMARTS) is 1. The molecule has 0 saturated carbocycles. The molecule has 34 heavy (non-hydrogen) atoms. The lowest BCUT2D eigenvalue weighted by atomic mass is 9.90. The molecular weight excluding hydrogens is 432 g/mol. The molecule has 0 radical (unpaired) electrons. The highest BCUT2D eigenvalue weighted by atomic mass is 16.5. The van der Waals surface area contributed by atoms with Gasteiger partial charge in [0.1, 0.15) is 11.5 Å². The summed E-state index contributed by atoms with van der Waals surface area (Å²) >= 11 is 0. The Hall–Kier alpha value is -3.61. The first-order valence-corrected chi connectivity index (χ1v) is 11.6. The number of ether oxygens (including phenoxy) is 1. The van der Waals surface area contributed by atoms with E-state index in [1.807, 2.05) is 61.5 Å². The Morgan fingerprint density at radius 2 is 1.91 bits per heavy atom. The highest BCUT2D eigenvalue weighted by Crippen LogP contribution is 2.29. The molecule has 178 valence electrons. The van der Waals surface area contributed by atoms with Gasteiger partial charge in [0.05, 0.1) is 18.2 Å². The Kier molecular flexibility index (Phi) is 7.30. The lowest BCUT2D eigenvalue weighted by Gasteiger charge is -2.15. The minimum atomic E-state index is -0.829. The van der Waals surface area contributed by atoms with Crippen molar-refractivity contribution >= 4 is 11.9 Å². The van der Waals surface area contributed by atoms with Crippen molar-refractivity contribution in [3.8, 4) is 17.2 Å². The van der Waals surface area contributed by atoms with Gasteiger partial charge in [0.25, 0.3) is 0 Å². The van der Waals surface area contributed by atoms with E-state index in [4.69, 9.17) is 9.15 Å². The monoisotopic (exact) mass is 462 g/mol. The maximum atomic E-state index is 11.7. The van der Waals surface area contributed by atoms with Gasteiger partial charge < -0.3 is 19.2 Å². The van der Waals surface area contributed by atoms with E-state index in [1.165, 1.54) is 6.92 Å². The summed E-state index contributed by atoms with van der Waals surface area (Å²) < 4.78 is 11.8. The second-order valence-electron chi connectivity index (χ2n) is 8.80.